The van der Waals surface area contributed by atoms with Gasteiger partial charge < -0.3 is 4.42 Å². The molecule has 2 nitrogen and oxygen atoms in total. The van der Waals surface area contributed by atoms with Crippen LogP contribution in [0, 0.1) is 13.8 Å². The number of allylic oxidation sites excluding steroid dienone is 1. The Morgan fingerprint density at radius 2 is 2.07 bits per heavy atom. The van der Waals surface area contributed by atoms with Gasteiger partial charge in [-0.3, -0.25) is 0 Å². The fraction of sp³-hybridized carbons (Fsp3) is 0.583. The Kier molecular flexibility index (Phi) is 3.93. The summed E-state index contributed by atoms with van der Waals surface area (Å²) < 4.78 is 5.51. The van der Waals surface area contributed by atoms with E-state index in [1.54, 1.807) is 0 Å². The highest BCUT2D eigenvalue weighted by Gasteiger charge is 2.04. The summed E-state index contributed by atoms with van der Waals surface area (Å²) in [4.78, 5) is 4.25. The van der Waals surface area contributed by atoms with Crippen LogP contribution >= 0.6 is 0 Å². The van der Waals surface area contributed by atoms with Crippen LogP contribution in [0.1, 0.15) is 50.5 Å². The van der Waals surface area contributed by atoms with Crippen molar-refractivity contribution in [3.8, 4) is 0 Å². The molecule has 0 bridgehead atoms. The van der Waals surface area contributed by atoms with Crippen LogP contribution in [-0.4, -0.2) is 4.98 Å². The third-order valence-electron chi connectivity index (χ3n) is 2.30. The highest BCUT2D eigenvalue weighted by Crippen LogP contribution is 2.18. The fourth-order valence-electron chi connectivity index (χ4n) is 1.54. The molecule has 1 rings (SSSR count). The van der Waals surface area contributed by atoms with E-state index < -0.39 is 0 Å². The van der Waals surface area contributed by atoms with E-state index in [4.69, 9.17) is 4.42 Å². The Morgan fingerprint density at radius 3 is 2.50 bits per heavy atom. The first kappa shape index (κ1) is 11.0. The van der Waals surface area contributed by atoms with E-state index in [0.29, 0.717) is 0 Å². The highest BCUT2D eigenvalue weighted by atomic mass is 16.4. The van der Waals surface area contributed by atoms with Gasteiger partial charge in [-0.2, -0.15) is 0 Å². The summed E-state index contributed by atoms with van der Waals surface area (Å²) in [6, 6.07) is 0. The predicted molar refractivity (Wildman–Crippen MR) is 59.2 cm³/mol. The summed E-state index contributed by atoms with van der Waals surface area (Å²) in [6.45, 7) is 8.25. The SMILES string of the molecule is CCC/C(=C\c1oc(C)nc1C)CC. The number of oxazole rings is 1. The van der Waals surface area contributed by atoms with E-state index in [1.165, 1.54) is 12.0 Å². The lowest BCUT2D eigenvalue weighted by Gasteiger charge is -2.00. The Hall–Kier alpha value is -1.05. The van der Waals surface area contributed by atoms with Crippen molar-refractivity contribution in [1.29, 1.82) is 0 Å². The van der Waals surface area contributed by atoms with Crippen LogP contribution in [0.4, 0.5) is 0 Å². The summed E-state index contributed by atoms with van der Waals surface area (Å²) >= 11 is 0. The molecule has 0 N–H and O–H groups in total. The molecule has 0 fully saturated rings. The second-order valence-corrected chi connectivity index (χ2v) is 3.59. The first-order valence-electron chi connectivity index (χ1n) is 5.30. The standard InChI is InChI=1S/C12H19NO/c1-5-7-11(6-2)8-12-9(3)13-10(4)14-12/h8H,5-7H2,1-4H3/b11-8-. The van der Waals surface area contributed by atoms with Gasteiger partial charge in [0.05, 0.1) is 5.69 Å². The Labute approximate surface area is 86.0 Å². The van der Waals surface area contributed by atoms with Crippen LogP contribution in [0.25, 0.3) is 6.08 Å². The van der Waals surface area contributed by atoms with Crippen LogP contribution in [0.5, 0.6) is 0 Å². The Morgan fingerprint density at radius 1 is 1.36 bits per heavy atom. The normalized spacial score (nSPS) is 12.1. The largest absolute Gasteiger partial charge is 0.441 e. The number of hydrogen-bond donors (Lipinski definition) is 0. The number of nitrogens with zero attached hydrogens (tertiary/aromatic N) is 1. The molecular formula is C12H19NO. The molecule has 0 saturated carbocycles. The Balaban J connectivity index is 2.87. The van der Waals surface area contributed by atoms with Gasteiger partial charge in [0, 0.05) is 6.92 Å². The molecule has 0 saturated heterocycles. The molecule has 1 aromatic rings. The van der Waals surface area contributed by atoms with Crippen molar-refractivity contribution in [2.24, 2.45) is 0 Å². The second-order valence-electron chi connectivity index (χ2n) is 3.59. The molecule has 1 aromatic heterocycles. The molecule has 0 atom stereocenters. The van der Waals surface area contributed by atoms with Crippen molar-refractivity contribution in [2.45, 2.75) is 47.0 Å². The minimum Gasteiger partial charge on any atom is -0.441 e. The number of aromatic nitrogens is 1. The molecule has 0 aromatic carbocycles. The van der Waals surface area contributed by atoms with E-state index in [1.807, 2.05) is 13.8 Å². The van der Waals surface area contributed by atoms with E-state index in [9.17, 15) is 0 Å². The predicted octanol–water partition coefficient (Wildman–Crippen LogP) is 3.88. The topological polar surface area (TPSA) is 26.0 Å². The molecular weight excluding hydrogens is 174 g/mol. The molecule has 78 valence electrons. The average molecular weight is 193 g/mol. The first-order valence-corrected chi connectivity index (χ1v) is 5.30. The van der Waals surface area contributed by atoms with Crippen LogP contribution in [0.2, 0.25) is 0 Å². The fourth-order valence-corrected chi connectivity index (χ4v) is 1.54. The monoisotopic (exact) mass is 193 g/mol. The maximum atomic E-state index is 5.51. The number of hydrogen-bond acceptors (Lipinski definition) is 2. The molecule has 0 spiro atoms. The van der Waals surface area contributed by atoms with Crippen LogP contribution in [0.15, 0.2) is 9.99 Å². The van der Waals surface area contributed by atoms with E-state index in [2.05, 4.69) is 24.9 Å². The van der Waals surface area contributed by atoms with Crippen molar-refractivity contribution in [1.82, 2.24) is 4.98 Å². The van der Waals surface area contributed by atoms with E-state index >= 15 is 0 Å². The van der Waals surface area contributed by atoms with Gasteiger partial charge in [0.15, 0.2) is 5.89 Å². The van der Waals surface area contributed by atoms with Gasteiger partial charge >= 0.3 is 0 Å². The zero-order valence-corrected chi connectivity index (χ0v) is 9.55. The van der Waals surface area contributed by atoms with Crippen LogP contribution in [-0.2, 0) is 0 Å². The zero-order valence-electron chi connectivity index (χ0n) is 9.55. The lowest BCUT2D eigenvalue weighted by Crippen LogP contribution is -1.82. The number of aryl methyl sites for hydroxylation is 2. The van der Waals surface area contributed by atoms with Crippen molar-refractivity contribution in [3.63, 3.8) is 0 Å². The van der Waals surface area contributed by atoms with Gasteiger partial charge in [0.2, 0.25) is 0 Å². The third-order valence-corrected chi connectivity index (χ3v) is 2.30. The van der Waals surface area contributed by atoms with Gasteiger partial charge in [0.25, 0.3) is 0 Å². The van der Waals surface area contributed by atoms with Crippen molar-refractivity contribution in [3.05, 3.63) is 22.9 Å². The van der Waals surface area contributed by atoms with Gasteiger partial charge in [-0.05, 0) is 25.8 Å². The smallest absolute Gasteiger partial charge is 0.191 e. The first-order chi connectivity index (χ1) is 6.67. The summed E-state index contributed by atoms with van der Waals surface area (Å²) in [7, 11) is 0. The molecule has 14 heavy (non-hydrogen) atoms. The Bertz CT molecular complexity index is 323. The molecule has 0 aliphatic rings. The quantitative estimate of drug-likeness (QED) is 0.725. The van der Waals surface area contributed by atoms with Crippen LogP contribution < -0.4 is 0 Å². The molecule has 1 heterocycles. The minimum absolute atomic E-state index is 0.751. The summed E-state index contributed by atoms with van der Waals surface area (Å²) in [5.74, 6) is 1.67. The van der Waals surface area contributed by atoms with E-state index in [-0.39, 0.29) is 0 Å². The van der Waals surface area contributed by atoms with Crippen LogP contribution in [0.3, 0.4) is 0 Å². The maximum absolute atomic E-state index is 5.51. The van der Waals surface area contributed by atoms with Crippen molar-refractivity contribution in [2.75, 3.05) is 0 Å². The molecule has 0 aliphatic carbocycles. The third kappa shape index (κ3) is 2.72. The second kappa shape index (κ2) is 4.99. The zero-order chi connectivity index (χ0) is 10.6. The summed E-state index contributed by atoms with van der Waals surface area (Å²) in [6.07, 6.45) is 5.56. The average Bonchev–Trinajstić information content (AvgIpc) is 2.44. The van der Waals surface area contributed by atoms with Gasteiger partial charge in [-0.15, -0.1) is 0 Å². The van der Waals surface area contributed by atoms with E-state index in [0.717, 1.165) is 30.2 Å². The van der Waals surface area contributed by atoms with Gasteiger partial charge in [-0.25, -0.2) is 4.98 Å². The van der Waals surface area contributed by atoms with Gasteiger partial charge in [0.1, 0.15) is 5.76 Å². The van der Waals surface area contributed by atoms with Crippen molar-refractivity contribution >= 4 is 6.08 Å². The molecule has 0 radical (unpaired) electrons. The summed E-state index contributed by atoms with van der Waals surface area (Å²) in [5.41, 5.74) is 2.43. The summed E-state index contributed by atoms with van der Waals surface area (Å²) in [5, 5.41) is 0. The number of rotatable bonds is 4. The lowest BCUT2D eigenvalue weighted by molar-refractivity contribution is 0.511. The molecule has 0 unspecified atom stereocenters. The van der Waals surface area contributed by atoms with Crippen molar-refractivity contribution < 1.29 is 4.42 Å². The molecule has 0 aliphatic heterocycles. The van der Waals surface area contributed by atoms with Gasteiger partial charge in [-0.1, -0.05) is 25.8 Å². The highest BCUT2D eigenvalue weighted by molar-refractivity contribution is 5.49. The molecule has 2 heteroatoms. The maximum Gasteiger partial charge on any atom is 0.191 e. The molecule has 0 amide bonds. The minimum atomic E-state index is 0.751. The lowest BCUT2D eigenvalue weighted by atomic mass is 10.1.